The molecule has 0 aromatic heterocycles. The molecular weight excluding hydrogens is 455 g/mol. The number of piperidine rings is 1. The van der Waals surface area contributed by atoms with Gasteiger partial charge in [-0.3, -0.25) is 9.36 Å². The normalized spacial score (nSPS) is 17.0. The van der Waals surface area contributed by atoms with Gasteiger partial charge in [-0.25, -0.2) is 4.67 Å². The summed E-state index contributed by atoms with van der Waals surface area (Å²) in [6.07, 6.45) is 1.51. The average molecular weight is 503 g/mol. The summed E-state index contributed by atoms with van der Waals surface area (Å²) in [6.45, 7) is 14.0. The highest BCUT2D eigenvalue weighted by molar-refractivity contribution is 7.58. The van der Waals surface area contributed by atoms with Crippen LogP contribution in [0.1, 0.15) is 79.6 Å². The van der Waals surface area contributed by atoms with Crippen molar-refractivity contribution in [2.75, 3.05) is 19.7 Å². The number of nitrogens with one attached hydrogen (secondary N) is 1. The molecule has 1 saturated heterocycles. The molecule has 0 radical (unpaired) electrons. The van der Waals surface area contributed by atoms with Gasteiger partial charge >= 0.3 is 0 Å². The molecule has 6 heteroatoms. The number of carbonyl (C=O) groups excluding carboxylic acids is 1. The molecule has 1 N–H and O–H groups in total. The second kappa shape index (κ2) is 12.3. The fourth-order valence-electron chi connectivity index (χ4n) is 3.99. The maximum atomic E-state index is 14.0. The summed E-state index contributed by atoms with van der Waals surface area (Å²) in [5.41, 5.74) is 2.73. The largest absolute Gasteiger partial charge is 0.349 e. The van der Waals surface area contributed by atoms with E-state index in [0.717, 1.165) is 24.0 Å². The van der Waals surface area contributed by atoms with E-state index in [1.165, 1.54) is 0 Å². The van der Waals surface area contributed by atoms with Crippen LogP contribution in [0.15, 0.2) is 54.6 Å². The lowest BCUT2D eigenvalue weighted by Gasteiger charge is -2.43. The Labute approximate surface area is 214 Å². The Balaban J connectivity index is 0.00000306. The number of rotatable bonds is 6. The van der Waals surface area contributed by atoms with E-state index in [9.17, 15) is 9.36 Å². The first kappa shape index (κ1) is 31.1. The average Bonchev–Trinajstić information content (AvgIpc) is 2.77. The molecule has 1 unspecified atom stereocenters. The van der Waals surface area contributed by atoms with Gasteiger partial charge in [-0.2, -0.15) is 0 Å². The van der Waals surface area contributed by atoms with Crippen molar-refractivity contribution in [3.8, 4) is 11.1 Å². The van der Waals surface area contributed by atoms with E-state index >= 15 is 0 Å². The highest BCUT2D eigenvalue weighted by atomic mass is 31.2. The quantitative estimate of drug-likeness (QED) is 0.408. The van der Waals surface area contributed by atoms with E-state index in [1.807, 2.05) is 80.0 Å². The van der Waals surface area contributed by atoms with Crippen LogP contribution < -0.4 is 5.32 Å². The van der Waals surface area contributed by atoms with Crippen LogP contribution in [0.2, 0.25) is 0 Å². The zero-order chi connectivity index (χ0) is 24.3. The number of nitrogens with zero attached hydrogens (tertiary/aromatic N) is 1. The molecule has 1 aliphatic rings. The van der Waals surface area contributed by atoms with Crippen LogP contribution in [0.5, 0.6) is 0 Å². The van der Waals surface area contributed by atoms with E-state index in [-0.39, 0.29) is 32.2 Å². The fraction of sp³-hybridized carbons (Fsp3) is 0.552. The van der Waals surface area contributed by atoms with Crippen molar-refractivity contribution in [1.29, 1.82) is 0 Å². The predicted molar refractivity (Wildman–Crippen MR) is 150 cm³/mol. The molecule has 5 nitrogen and oxygen atoms in total. The van der Waals surface area contributed by atoms with Gasteiger partial charge in [0.2, 0.25) is 0 Å². The van der Waals surface area contributed by atoms with Crippen molar-refractivity contribution in [2.24, 2.45) is 5.41 Å². The Morgan fingerprint density at radius 3 is 2.06 bits per heavy atom. The third-order valence-electron chi connectivity index (χ3n) is 5.93. The van der Waals surface area contributed by atoms with Crippen molar-refractivity contribution in [3.63, 3.8) is 0 Å². The molecule has 0 spiro atoms. The van der Waals surface area contributed by atoms with Gasteiger partial charge in [-0.15, -0.1) is 0 Å². The minimum Gasteiger partial charge on any atom is -0.349 e. The minimum atomic E-state index is -3.01. The van der Waals surface area contributed by atoms with E-state index in [1.54, 1.807) is 0 Å². The van der Waals surface area contributed by atoms with Crippen molar-refractivity contribution in [1.82, 2.24) is 9.99 Å². The molecule has 196 valence electrons. The van der Waals surface area contributed by atoms with E-state index in [4.69, 9.17) is 4.52 Å². The van der Waals surface area contributed by atoms with E-state index < -0.39 is 12.7 Å². The zero-order valence-electron chi connectivity index (χ0n) is 20.9. The minimum absolute atomic E-state index is 0. The maximum Gasteiger partial charge on any atom is 0.277 e. The lowest BCUT2D eigenvalue weighted by Crippen LogP contribution is -2.45. The summed E-state index contributed by atoms with van der Waals surface area (Å²) in [5.74, 6) is -0.0609. The number of carbonyl (C=O) groups is 1. The third-order valence-corrected chi connectivity index (χ3v) is 9.25. The second-order valence-electron chi connectivity index (χ2n) is 11.2. The highest BCUT2D eigenvalue weighted by Gasteiger charge is 2.45. The standard InChI is InChI=1S/C27H39N2O3P.2CH4/c1-26(2,3)20-32-33(31,27(4,5)6)29-17-15-24(16-18-29)28-25(30)23-14-10-13-22(19-23)21-11-8-7-9-12-21;;/h7-14,19,24H,15-18,20H2,1-6H3,(H,28,30);2*1H4. The van der Waals surface area contributed by atoms with Gasteiger partial charge in [0, 0.05) is 24.7 Å². The van der Waals surface area contributed by atoms with Crippen molar-refractivity contribution in [2.45, 2.75) is 80.4 Å². The lowest BCUT2D eigenvalue weighted by atomic mass is 9.99. The SMILES string of the molecule is C.C.CC(C)(C)COP(=O)(N1CCC(NC(=O)c2cccc(-c3ccccc3)c2)CC1)C(C)(C)C. The number of hydrogen-bond acceptors (Lipinski definition) is 3. The first-order valence-electron chi connectivity index (χ1n) is 11.9. The topological polar surface area (TPSA) is 58.6 Å². The van der Waals surface area contributed by atoms with Gasteiger partial charge in [-0.1, -0.05) is 78.1 Å². The molecule has 2 aromatic carbocycles. The van der Waals surface area contributed by atoms with E-state index in [0.29, 0.717) is 25.3 Å². The number of benzene rings is 2. The molecule has 1 atom stereocenters. The van der Waals surface area contributed by atoms with Crippen LogP contribution in [0.25, 0.3) is 11.1 Å². The molecule has 0 saturated carbocycles. The van der Waals surface area contributed by atoms with Gasteiger partial charge in [0.1, 0.15) is 0 Å². The van der Waals surface area contributed by atoms with Crippen LogP contribution in [0.4, 0.5) is 0 Å². The lowest BCUT2D eigenvalue weighted by molar-refractivity contribution is 0.0919. The first-order chi connectivity index (χ1) is 15.4. The Bertz CT molecular complexity index is 985. The molecule has 0 aliphatic carbocycles. The van der Waals surface area contributed by atoms with Gasteiger partial charge in [-0.05, 0) is 62.3 Å². The number of amides is 1. The Kier molecular flexibility index (Phi) is 11.0. The zero-order valence-corrected chi connectivity index (χ0v) is 21.8. The molecule has 1 heterocycles. The van der Waals surface area contributed by atoms with Gasteiger partial charge in [0.25, 0.3) is 13.4 Å². The summed E-state index contributed by atoms with van der Waals surface area (Å²) in [6, 6.07) is 17.9. The summed E-state index contributed by atoms with van der Waals surface area (Å²) in [5, 5.41) is 2.72. The molecule has 2 aromatic rings. The molecule has 35 heavy (non-hydrogen) atoms. The molecule has 0 bridgehead atoms. The summed E-state index contributed by atoms with van der Waals surface area (Å²) < 4.78 is 22.1. The van der Waals surface area contributed by atoms with Gasteiger partial charge in [0.05, 0.1) is 11.8 Å². The van der Waals surface area contributed by atoms with E-state index in [2.05, 4.69) is 26.1 Å². The van der Waals surface area contributed by atoms with Crippen LogP contribution >= 0.6 is 7.52 Å². The summed E-state index contributed by atoms with van der Waals surface area (Å²) in [7, 11) is -3.01. The van der Waals surface area contributed by atoms with Crippen LogP contribution in [0.3, 0.4) is 0 Å². The second-order valence-corrected chi connectivity index (χ2v) is 14.4. The maximum absolute atomic E-state index is 14.0. The van der Waals surface area contributed by atoms with Gasteiger partial charge in [0.15, 0.2) is 0 Å². The van der Waals surface area contributed by atoms with Gasteiger partial charge < -0.3 is 9.84 Å². The van der Waals surface area contributed by atoms with Crippen LogP contribution in [0, 0.1) is 5.41 Å². The first-order valence-corrected chi connectivity index (χ1v) is 13.4. The Hall–Kier alpha value is -1.94. The molecule has 1 amide bonds. The number of hydrogen-bond donors (Lipinski definition) is 1. The van der Waals surface area contributed by atoms with Crippen molar-refractivity contribution < 1.29 is 13.9 Å². The monoisotopic (exact) mass is 502 g/mol. The molecular formula is C29H47N2O3P. The van der Waals surface area contributed by atoms with Crippen molar-refractivity contribution in [3.05, 3.63) is 60.2 Å². The van der Waals surface area contributed by atoms with Crippen LogP contribution in [-0.4, -0.2) is 41.5 Å². The Morgan fingerprint density at radius 2 is 1.51 bits per heavy atom. The van der Waals surface area contributed by atoms with Crippen molar-refractivity contribution >= 4 is 13.4 Å². The highest BCUT2D eigenvalue weighted by Crippen LogP contribution is 2.62. The molecule has 3 rings (SSSR count). The molecule has 1 aliphatic heterocycles. The summed E-state index contributed by atoms with van der Waals surface area (Å²) in [4.78, 5) is 12.9. The summed E-state index contributed by atoms with van der Waals surface area (Å²) >= 11 is 0. The fourth-order valence-corrected chi connectivity index (χ4v) is 6.71. The third kappa shape index (κ3) is 8.03. The van der Waals surface area contributed by atoms with Crippen LogP contribution in [-0.2, 0) is 9.09 Å². The predicted octanol–water partition coefficient (Wildman–Crippen LogP) is 7.87. The smallest absolute Gasteiger partial charge is 0.277 e. The Morgan fingerprint density at radius 1 is 0.943 bits per heavy atom. The molecule has 1 fully saturated rings.